The van der Waals surface area contributed by atoms with Gasteiger partial charge in [-0.25, -0.2) is 4.98 Å². The zero-order valence-electron chi connectivity index (χ0n) is 17.6. The summed E-state index contributed by atoms with van der Waals surface area (Å²) in [6.45, 7) is 0. The Balaban J connectivity index is 1.42. The second-order valence-corrected chi connectivity index (χ2v) is 8.71. The van der Waals surface area contributed by atoms with E-state index in [1.165, 1.54) is 22.3 Å². The fourth-order valence-electron chi connectivity index (χ4n) is 5.28. The van der Waals surface area contributed by atoms with Crippen molar-refractivity contribution in [1.82, 2.24) is 9.55 Å². The number of hydrogen-bond donors (Lipinski definition) is 0. The third-order valence-electron chi connectivity index (χ3n) is 6.84. The summed E-state index contributed by atoms with van der Waals surface area (Å²) in [4.78, 5) is 5.13. The molecule has 0 saturated carbocycles. The molecule has 0 radical (unpaired) electrons. The van der Waals surface area contributed by atoms with Crippen molar-refractivity contribution in [3.8, 4) is 28.2 Å². The first-order chi connectivity index (χ1) is 15.8. The van der Waals surface area contributed by atoms with Gasteiger partial charge in [0.15, 0.2) is 0 Å². The van der Waals surface area contributed by atoms with E-state index in [0.29, 0.717) is 0 Å². The van der Waals surface area contributed by atoms with E-state index in [0.717, 1.165) is 41.0 Å². The summed E-state index contributed by atoms with van der Waals surface area (Å²) in [6.07, 6.45) is 2.73. The molecule has 0 aliphatic carbocycles. The Hall–Kier alpha value is -3.69. The lowest BCUT2D eigenvalue weighted by Gasteiger charge is -2.13. The van der Waals surface area contributed by atoms with E-state index in [2.05, 4.69) is 102 Å². The highest BCUT2D eigenvalue weighted by Crippen LogP contribution is 2.51. The molecule has 3 nitrogen and oxygen atoms in total. The molecule has 7 rings (SSSR count). The van der Waals surface area contributed by atoms with Crippen LogP contribution in [0.15, 0.2) is 97.1 Å². The van der Waals surface area contributed by atoms with Crippen LogP contribution >= 0.6 is 0 Å². The Morgan fingerprint density at radius 2 is 1.25 bits per heavy atom. The van der Waals surface area contributed by atoms with Crippen molar-refractivity contribution < 1.29 is 4.74 Å². The first kappa shape index (κ1) is 17.9. The van der Waals surface area contributed by atoms with Gasteiger partial charge >= 0.3 is 0 Å². The highest BCUT2D eigenvalue weighted by molar-refractivity contribution is 5.85. The highest BCUT2D eigenvalue weighted by atomic mass is 16.5. The van der Waals surface area contributed by atoms with E-state index in [9.17, 15) is 0 Å². The van der Waals surface area contributed by atoms with Crippen LogP contribution in [-0.2, 0) is 4.74 Å². The quantitative estimate of drug-likeness (QED) is 0.310. The monoisotopic (exact) mass is 414 g/mol. The molecule has 3 heterocycles. The van der Waals surface area contributed by atoms with E-state index in [1.807, 2.05) is 0 Å². The van der Waals surface area contributed by atoms with Crippen molar-refractivity contribution in [2.45, 2.75) is 25.0 Å². The summed E-state index contributed by atoms with van der Waals surface area (Å²) in [5.41, 5.74) is 9.53. The maximum atomic E-state index is 6.16. The van der Waals surface area contributed by atoms with Gasteiger partial charge in [-0.05, 0) is 59.4 Å². The predicted molar refractivity (Wildman–Crippen MR) is 128 cm³/mol. The minimum atomic E-state index is 0.243. The Labute approximate surface area is 186 Å². The Bertz CT molecular complexity index is 1440. The summed E-state index contributed by atoms with van der Waals surface area (Å²) in [5.74, 6) is 0.975. The molecule has 32 heavy (non-hydrogen) atoms. The van der Waals surface area contributed by atoms with Gasteiger partial charge in [0, 0.05) is 11.3 Å². The van der Waals surface area contributed by atoms with Crippen LogP contribution in [0.2, 0.25) is 0 Å². The number of fused-ring (bicyclic) bond motifs is 6. The molecule has 1 fully saturated rings. The number of imidazole rings is 1. The van der Waals surface area contributed by atoms with Crippen molar-refractivity contribution in [1.29, 1.82) is 0 Å². The molecule has 4 aromatic carbocycles. The fraction of sp³-hybridized carbons (Fsp3) is 0.138. The second-order valence-electron chi connectivity index (χ2n) is 8.71. The third-order valence-corrected chi connectivity index (χ3v) is 6.84. The molecule has 2 aliphatic rings. The maximum Gasteiger partial charge on any atom is 0.145 e. The molecule has 2 unspecified atom stereocenters. The number of nitrogens with zero attached hydrogens (tertiary/aromatic N) is 2. The predicted octanol–water partition coefficient (Wildman–Crippen LogP) is 7.27. The molecule has 0 amide bonds. The van der Waals surface area contributed by atoms with E-state index in [1.54, 1.807) is 0 Å². The minimum Gasteiger partial charge on any atom is -0.366 e. The molecular formula is C29H22N2O. The number of aromatic nitrogens is 2. The summed E-state index contributed by atoms with van der Waals surface area (Å²) < 4.78 is 8.45. The van der Waals surface area contributed by atoms with Gasteiger partial charge in [-0.2, -0.15) is 0 Å². The second kappa shape index (κ2) is 6.91. The maximum absolute atomic E-state index is 6.16. The Morgan fingerprint density at radius 3 is 1.97 bits per heavy atom. The zero-order chi connectivity index (χ0) is 21.1. The average molecular weight is 415 g/mol. The fourth-order valence-corrected chi connectivity index (χ4v) is 5.28. The summed E-state index contributed by atoms with van der Waals surface area (Å²) in [5, 5.41) is 0. The van der Waals surface area contributed by atoms with E-state index >= 15 is 0 Å². The molecule has 2 bridgehead atoms. The summed E-state index contributed by atoms with van der Waals surface area (Å²) >= 11 is 0. The van der Waals surface area contributed by atoms with E-state index < -0.39 is 0 Å². The van der Waals surface area contributed by atoms with E-state index in [-0.39, 0.29) is 12.2 Å². The van der Waals surface area contributed by atoms with Crippen LogP contribution < -0.4 is 0 Å². The zero-order valence-corrected chi connectivity index (χ0v) is 17.6. The van der Waals surface area contributed by atoms with Gasteiger partial charge < -0.3 is 4.74 Å². The lowest BCUT2D eigenvalue weighted by Crippen LogP contribution is -2.00. The van der Waals surface area contributed by atoms with Gasteiger partial charge in [-0.15, -0.1) is 0 Å². The largest absolute Gasteiger partial charge is 0.366 e. The van der Waals surface area contributed by atoms with Crippen LogP contribution in [0.5, 0.6) is 0 Å². The number of ether oxygens (including phenoxy) is 1. The molecule has 1 aromatic heterocycles. The van der Waals surface area contributed by atoms with Crippen LogP contribution in [0.3, 0.4) is 0 Å². The molecule has 2 aliphatic heterocycles. The Morgan fingerprint density at radius 1 is 0.656 bits per heavy atom. The number of benzene rings is 4. The Kier molecular flexibility index (Phi) is 3.87. The van der Waals surface area contributed by atoms with Crippen LogP contribution in [0.1, 0.15) is 36.2 Å². The smallest absolute Gasteiger partial charge is 0.145 e. The molecule has 0 spiro atoms. The SMILES string of the molecule is c1ccc(-c2ccc(-c3nc4cc5c(cc4n3-c3ccccc3)C3CCC5O3)cc2)cc1. The molecular weight excluding hydrogens is 392 g/mol. The lowest BCUT2D eigenvalue weighted by molar-refractivity contribution is 0.0717. The average Bonchev–Trinajstić information content (AvgIpc) is 3.57. The van der Waals surface area contributed by atoms with Gasteiger partial charge in [0.25, 0.3) is 0 Å². The number of para-hydroxylation sites is 1. The number of hydrogen-bond acceptors (Lipinski definition) is 2. The normalized spacial score (nSPS) is 18.9. The van der Waals surface area contributed by atoms with Crippen molar-refractivity contribution in [3.63, 3.8) is 0 Å². The topological polar surface area (TPSA) is 27.1 Å². The molecule has 5 aromatic rings. The van der Waals surface area contributed by atoms with Crippen molar-refractivity contribution in [3.05, 3.63) is 108 Å². The molecule has 0 N–H and O–H groups in total. The van der Waals surface area contributed by atoms with Crippen LogP contribution in [0.4, 0.5) is 0 Å². The molecule has 3 heteroatoms. The van der Waals surface area contributed by atoms with Gasteiger partial charge in [-0.3, -0.25) is 4.57 Å². The van der Waals surface area contributed by atoms with Crippen LogP contribution in [0.25, 0.3) is 39.2 Å². The van der Waals surface area contributed by atoms with E-state index in [4.69, 9.17) is 9.72 Å². The molecule has 2 atom stereocenters. The summed E-state index contributed by atoms with van der Waals surface area (Å²) in [7, 11) is 0. The summed E-state index contributed by atoms with van der Waals surface area (Å²) in [6, 6.07) is 34.3. The first-order valence-corrected chi connectivity index (χ1v) is 11.3. The highest BCUT2D eigenvalue weighted by Gasteiger charge is 2.38. The van der Waals surface area contributed by atoms with Gasteiger partial charge in [0.05, 0.1) is 23.2 Å². The first-order valence-electron chi connectivity index (χ1n) is 11.3. The van der Waals surface area contributed by atoms with Crippen molar-refractivity contribution in [2.75, 3.05) is 0 Å². The minimum absolute atomic E-state index is 0.243. The van der Waals surface area contributed by atoms with Crippen molar-refractivity contribution >= 4 is 11.0 Å². The standard InChI is InChI=1S/C29H22N2O/c1-3-7-19(8-4-1)20-11-13-21(14-12-20)29-30-25-17-23-24(28-16-15-27(23)32-28)18-26(25)31(29)22-9-5-2-6-10-22/h1-14,17-18,27-28H,15-16H2. The van der Waals surface area contributed by atoms with Gasteiger partial charge in [0.2, 0.25) is 0 Å². The van der Waals surface area contributed by atoms with Gasteiger partial charge in [-0.1, -0.05) is 72.8 Å². The van der Waals surface area contributed by atoms with Gasteiger partial charge in [0.1, 0.15) is 5.82 Å². The van der Waals surface area contributed by atoms with Crippen LogP contribution in [-0.4, -0.2) is 9.55 Å². The van der Waals surface area contributed by atoms with Crippen molar-refractivity contribution in [2.24, 2.45) is 0 Å². The van der Waals surface area contributed by atoms with Crippen LogP contribution in [0, 0.1) is 0 Å². The lowest BCUT2D eigenvalue weighted by atomic mass is 9.91. The molecule has 1 saturated heterocycles. The molecule has 154 valence electrons. The number of rotatable bonds is 3. The third kappa shape index (κ3) is 2.68.